The maximum Gasteiger partial charge on any atom is 0.243 e. The molecule has 0 aliphatic carbocycles. The summed E-state index contributed by atoms with van der Waals surface area (Å²) in [5.74, 6) is 1.47. The van der Waals surface area contributed by atoms with E-state index in [2.05, 4.69) is 10.3 Å². The molecule has 2 aromatic rings. The lowest BCUT2D eigenvalue weighted by Gasteiger charge is -2.32. The molecule has 8 heteroatoms. The molecule has 1 aromatic heterocycles. The highest BCUT2D eigenvalue weighted by atomic mass is 32.2. The van der Waals surface area contributed by atoms with Gasteiger partial charge in [0.1, 0.15) is 11.6 Å². The van der Waals surface area contributed by atoms with E-state index in [1.807, 2.05) is 19.1 Å². The summed E-state index contributed by atoms with van der Waals surface area (Å²) in [5, 5.41) is 3.36. The van der Waals surface area contributed by atoms with Crippen molar-refractivity contribution in [2.75, 3.05) is 30.7 Å². The van der Waals surface area contributed by atoms with Crippen LogP contribution in [0.4, 0.5) is 11.5 Å². The van der Waals surface area contributed by atoms with Gasteiger partial charge in [-0.3, -0.25) is 0 Å². The van der Waals surface area contributed by atoms with Crippen molar-refractivity contribution in [1.29, 1.82) is 0 Å². The number of aryl methyl sites for hydroxylation is 1. The number of hydrogen-bond donors (Lipinski definition) is 2. The largest absolute Gasteiger partial charge is 0.493 e. The van der Waals surface area contributed by atoms with Gasteiger partial charge in [-0.05, 0) is 55.7 Å². The minimum absolute atomic E-state index is 0.154. The first kappa shape index (κ1) is 18.1. The first-order valence-electron chi connectivity index (χ1n) is 9.19. The Hall–Kier alpha value is -2.32. The molecule has 1 aromatic carbocycles. The van der Waals surface area contributed by atoms with E-state index in [-0.39, 0.29) is 6.04 Å². The summed E-state index contributed by atoms with van der Waals surface area (Å²) in [6.07, 6.45) is 2.18. The van der Waals surface area contributed by atoms with Crippen molar-refractivity contribution in [3.8, 4) is 5.75 Å². The lowest BCUT2D eigenvalue weighted by Crippen LogP contribution is -2.42. The van der Waals surface area contributed by atoms with Gasteiger partial charge in [0.2, 0.25) is 10.0 Å². The second kappa shape index (κ2) is 7.01. The molecule has 3 N–H and O–H groups in total. The fourth-order valence-corrected chi connectivity index (χ4v) is 5.11. The summed E-state index contributed by atoms with van der Waals surface area (Å²) in [6, 6.07) is 9.01. The number of fused-ring (bicyclic) bond motifs is 1. The number of aromatic nitrogens is 1. The third-order valence-electron chi connectivity index (χ3n) is 5.16. The highest BCUT2D eigenvalue weighted by Crippen LogP contribution is 2.30. The average molecular weight is 388 g/mol. The summed E-state index contributed by atoms with van der Waals surface area (Å²) < 4.78 is 33.0. The van der Waals surface area contributed by atoms with Crippen LogP contribution in [0.1, 0.15) is 24.1 Å². The first-order chi connectivity index (χ1) is 12.9. The molecule has 0 radical (unpaired) electrons. The third-order valence-corrected chi connectivity index (χ3v) is 7.05. The Morgan fingerprint density at radius 1 is 1.22 bits per heavy atom. The van der Waals surface area contributed by atoms with Crippen molar-refractivity contribution >= 4 is 21.5 Å². The number of benzene rings is 1. The van der Waals surface area contributed by atoms with Crippen molar-refractivity contribution in [2.24, 2.45) is 0 Å². The summed E-state index contributed by atoms with van der Waals surface area (Å²) in [7, 11) is -3.49. The van der Waals surface area contributed by atoms with Gasteiger partial charge in [-0.25, -0.2) is 13.4 Å². The van der Waals surface area contributed by atoms with E-state index < -0.39 is 10.0 Å². The Morgan fingerprint density at radius 2 is 2.00 bits per heavy atom. The molecule has 144 valence electrons. The van der Waals surface area contributed by atoms with Crippen LogP contribution >= 0.6 is 0 Å². The van der Waals surface area contributed by atoms with Gasteiger partial charge < -0.3 is 15.8 Å². The number of nitrogens with one attached hydrogen (secondary N) is 1. The van der Waals surface area contributed by atoms with E-state index in [1.54, 1.807) is 22.5 Å². The molecule has 27 heavy (non-hydrogen) atoms. The second-order valence-corrected chi connectivity index (χ2v) is 9.02. The van der Waals surface area contributed by atoms with E-state index in [9.17, 15) is 8.42 Å². The van der Waals surface area contributed by atoms with Crippen molar-refractivity contribution in [1.82, 2.24) is 9.29 Å². The van der Waals surface area contributed by atoms with Gasteiger partial charge in [0.25, 0.3) is 0 Å². The standard InChI is InChI=1S/C19H24N4O3S/c1-13-2-4-17(20)19(21-13)22-15-6-9-23(10-7-15)27(24,25)16-3-5-18-14(12-16)8-11-26-18/h2-5,12,15H,6-11,20H2,1H3,(H,21,22). The number of hydrogen-bond acceptors (Lipinski definition) is 6. The van der Waals surface area contributed by atoms with Crippen molar-refractivity contribution in [3.63, 3.8) is 0 Å². The molecule has 7 nitrogen and oxygen atoms in total. The number of piperidine rings is 1. The number of nitrogens with two attached hydrogens (primary N) is 1. The first-order valence-corrected chi connectivity index (χ1v) is 10.6. The van der Waals surface area contributed by atoms with E-state index in [4.69, 9.17) is 10.5 Å². The van der Waals surface area contributed by atoms with E-state index in [0.29, 0.717) is 48.9 Å². The molecule has 0 bridgehead atoms. The van der Waals surface area contributed by atoms with Crippen molar-refractivity contribution < 1.29 is 13.2 Å². The quantitative estimate of drug-likeness (QED) is 0.833. The molecule has 1 saturated heterocycles. The lowest BCUT2D eigenvalue weighted by atomic mass is 10.1. The number of ether oxygens (including phenoxy) is 1. The van der Waals surface area contributed by atoms with Gasteiger partial charge in [0.15, 0.2) is 0 Å². The maximum absolute atomic E-state index is 13.0. The van der Waals surface area contributed by atoms with E-state index in [1.165, 1.54) is 0 Å². The predicted octanol–water partition coefficient (Wildman–Crippen LogP) is 2.17. The zero-order valence-electron chi connectivity index (χ0n) is 15.3. The number of nitrogens with zero attached hydrogens (tertiary/aromatic N) is 2. The Bertz CT molecular complexity index is 953. The van der Waals surface area contributed by atoms with Crippen LogP contribution in [0.25, 0.3) is 0 Å². The molecule has 4 rings (SSSR count). The van der Waals surface area contributed by atoms with Crippen LogP contribution in [-0.2, 0) is 16.4 Å². The topological polar surface area (TPSA) is 97.6 Å². The molecule has 0 unspecified atom stereocenters. The Kier molecular flexibility index (Phi) is 4.69. The van der Waals surface area contributed by atoms with Gasteiger partial charge in [0.05, 0.1) is 17.2 Å². The van der Waals surface area contributed by atoms with Gasteiger partial charge in [-0.1, -0.05) is 0 Å². The molecule has 3 heterocycles. The molecule has 2 aliphatic rings. The predicted molar refractivity (Wildman–Crippen MR) is 104 cm³/mol. The fraction of sp³-hybridized carbons (Fsp3) is 0.421. The van der Waals surface area contributed by atoms with Crippen LogP contribution in [0, 0.1) is 6.92 Å². The van der Waals surface area contributed by atoms with Crippen LogP contribution in [0.3, 0.4) is 0 Å². The van der Waals surface area contributed by atoms with Gasteiger partial charge in [-0.2, -0.15) is 4.31 Å². The molecular formula is C19H24N4O3S. The Labute approximate surface area is 159 Å². The van der Waals surface area contributed by atoms with Gasteiger partial charge in [-0.15, -0.1) is 0 Å². The third kappa shape index (κ3) is 3.59. The van der Waals surface area contributed by atoms with Crippen LogP contribution in [-0.4, -0.2) is 43.4 Å². The monoisotopic (exact) mass is 388 g/mol. The molecule has 2 aliphatic heterocycles. The molecule has 0 saturated carbocycles. The molecule has 0 atom stereocenters. The Morgan fingerprint density at radius 3 is 2.78 bits per heavy atom. The molecule has 1 fully saturated rings. The summed E-state index contributed by atoms with van der Waals surface area (Å²) in [4.78, 5) is 4.79. The Balaban J connectivity index is 1.43. The second-order valence-electron chi connectivity index (χ2n) is 7.08. The minimum atomic E-state index is -3.49. The number of sulfonamides is 1. The fourth-order valence-electron chi connectivity index (χ4n) is 3.59. The number of pyridine rings is 1. The van der Waals surface area contributed by atoms with Crippen LogP contribution in [0.5, 0.6) is 5.75 Å². The zero-order chi connectivity index (χ0) is 19.0. The summed E-state index contributed by atoms with van der Waals surface area (Å²) in [5.41, 5.74) is 8.45. The normalized spacial score (nSPS) is 18.1. The minimum Gasteiger partial charge on any atom is -0.493 e. The zero-order valence-corrected chi connectivity index (χ0v) is 16.1. The molecular weight excluding hydrogens is 364 g/mol. The number of nitrogen functional groups attached to an aromatic ring is 1. The highest BCUT2D eigenvalue weighted by Gasteiger charge is 2.30. The smallest absolute Gasteiger partial charge is 0.243 e. The SMILES string of the molecule is Cc1ccc(N)c(NC2CCN(S(=O)(=O)c3ccc4c(c3)CCO4)CC2)n1. The van der Waals surface area contributed by atoms with Gasteiger partial charge in [0, 0.05) is 31.2 Å². The number of rotatable bonds is 4. The summed E-state index contributed by atoms with van der Waals surface area (Å²) >= 11 is 0. The van der Waals surface area contributed by atoms with E-state index in [0.717, 1.165) is 23.4 Å². The van der Waals surface area contributed by atoms with Crippen LogP contribution < -0.4 is 15.8 Å². The van der Waals surface area contributed by atoms with Crippen molar-refractivity contribution in [3.05, 3.63) is 41.6 Å². The van der Waals surface area contributed by atoms with Crippen LogP contribution in [0.15, 0.2) is 35.2 Å². The molecule has 0 amide bonds. The highest BCUT2D eigenvalue weighted by molar-refractivity contribution is 7.89. The van der Waals surface area contributed by atoms with Crippen LogP contribution in [0.2, 0.25) is 0 Å². The van der Waals surface area contributed by atoms with E-state index >= 15 is 0 Å². The summed E-state index contributed by atoms with van der Waals surface area (Å²) in [6.45, 7) is 3.48. The number of anilines is 2. The molecule has 0 spiro atoms. The van der Waals surface area contributed by atoms with Crippen molar-refractivity contribution in [2.45, 2.75) is 37.1 Å². The average Bonchev–Trinajstić information content (AvgIpc) is 3.13. The van der Waals surface area contributed by atoms with Gasteiger partial charge >= 0.3 is 0 Å². The maximum atomic E-state index is 13.0. The lowest BCUT2D eigenvalue weighted by molar-refractivity contribution is 0.329.